The summed E-state index contributed by atoms with van der Waals surface area (Å²) in [5, 5.41) is 0. The van der Waals surface area contributed by atoms with Crippen LogP contribution in [0, 0.1) is 0 Å². The second kappa shape index (κ2) is 4.48. The van der Waals surface area contributed by atoms with Gasteiger partial charge in [-0.15, -0.1) is 0 Å². The molecule has 1 heterocycles. The number of para-hydroxylation sites is 2. The van der Waals surface area contributed by atoms with Gasteiger partial charge in [-0.25, -0.2) is 4.57 Å². The molecule has 18 heavy (non-hydrogen) atoms. The smallest absolute Gasteiger partial charge is 0.395 e. The summed E-state index contributed by atoms with van der Waals surface area (Å²) in [5.74, 6) is 1.00. The number of hydrogen-bond acceptors (Lipinski definition) is 4. The molecule has 2 aromatic carbocycles. The molecule has 1 aliphatic rings. The van der Waals surface area contributed by atoms with Crippen LogP contribution in [0.25, 0.3) is 0 Å². The lowest BCUT2D eigenvalue weighted by molar-refractivity contribution is 0.181. The van der Waals surface area contributed by atoms with E-state index in [4.69, 9.17) is 13.6 Å². The highest BCUT2D eigenvalue weighted by Crippen LogP contribution is 2.54. The first kappa shape index (κ1) is 11.3. The normalized spacial score (nSPS) is 21.8. The maximum Gasteiger partial charge on any atom is 0.587 e. The van der Waals surface area contributed by atoms with Crippen LogP contribution in [0.15, 0.2) is 54.6 Å². The Kier molecular flexibility index (Phi) is 2.82. The molecular weight excluding hydrogens is 251 g/mol. The maximum absolute atomic E-state index is 12.3. The molecule has 2 aromatic rings. The van der Waals surface area contributed by atoms with E-state index in [0.29, 0.717) is 11.5 Å². The monoisotopic (exact) mass is 262 g/mol. The van der Waals surface area contributed by atoms with Crippen molar-refractivity contribution in [2.75, 3.05) is 0 Å². The third kappa shape index (κ3) is 2.26. The van der Waals surface area contributed by atoms with Crippen LogP contribution in [0.4, 0.5) is 0 Å². The zero-order chi connectivity index (χ0) is 12.4. The lowest BCUT2D eigenvalue weighted by atomic mass is 10.2. The molecule has 1 atom stereocenters. The number of benzene rings is 2. The van der Waals surface area contributed by atoms with Crippen LogP contribution in [-0.2, 0) is 15.7 Å². The number of rotatable bonds is 2. The van der Waals surface area contributed by atoms with E-state index < -0.39 is 7.82 Å². The quantitative estimate of drug-likeness (QED) is 0.772. The minimum absolute atomic E-state index is 0.223. The van der Waals surface area contributed by atoms with Crippen LogP contribution in [0.1, 0.15) is 5.56 Å². The minimum atomic E-state index is -3.57. The molecule has 0 amide bonds. The van der Waals surface area contributed by atoms with E-state index in [0.717, 1.165) is 5.56 Å². The molecule has 0 spiro atoms. The Hall–Kier alpha value is -1.77. The molecule has 4 nitrogen and oxygen atoms in total. The first-order chi connectivity index (χ1) is 8.75. The third-order valence-electron chi connectivity index (χ3n) is 2.52. The topological polar surface area (TPSA) is 44.8 Å². The maximum atomic E-state index is 12.3. The summed E-state index contributed by atoms with van der Waals surface area (Å²) in [6, 6.07) is 16.1. The van der Waals surface area contributed by atoms with Gasteiger partial charge < -0.3 is 9.05 Å². The molecule has 1 aliphatic heterocycles. The summed E-state index contributed by atoms with van der Waals surface area (Å²) in [7, 11) is -3.57. The minimum Gasteiger partial charge on any atom is -0.395 e. The number of hydrogen-bond donors (Lipinski definition) is 0. The van der Waals surface area contributed by atoms with Crippen LogP contribution in [0.3, 0.4) is 0 Å². The summed E-state index contributed by atoms with van der Waals surface area (Å²) >= 11 is 0. The van der Waals surface area contributed by atoms with Crippen molar-refractivity contribution in [1.82, 2.24) is 0 Å². The summed E-state index contributed by atoms with van der Waals surface area (Å²) < 4.78 is 28.2. The van der Waals surface area contributed by atoms with Crippen molar-refractivity contribution >= 4 is 7.82 Å². The average Bonchev–Trinajstić information content (AvgIpc) is 2.39. The first-order valence-electron chi connectivity index (χ1n) is 5.52. The van der Waals surface area contributed by atoms with Crippen LogP contribution < -0.4 is 9.05 Å². The van der Waals surface area contributed by atoms with Gasteiger partial charge in [0.2, 0.25) is 0 Å². The highest BCUT2D eigenvalue weighted by Gasteiger charge is 2.35. The molecule has 0 N–H and O–H groups in total. The van der Waals surface area contributed by atoms with Gasteiger partial charge in [-0.2, -0.15) is 0 Å². The Balaban J connectivity index is 1.84. The van der Waals surface area contributed by atoms with Crippen molar-refractivity contribution in [3.8, 4) is 11.5 Å². The van der Waals surface area contributed by atoms with Crippen molar-refractivity contribution in [2.45, 2.75) is 6.61 Å². The third-order valence-corrected chi connectivity index (χ3v) is 3.82. The van der Waals surface area contributed by atoms with Crippen molar-refractivity contribution in [3.05, 3.63) is 60.2 Å². The summed E-state index contributed by atoms with van der Waals surface area (Å²) in [4.78, 5) is 0. The zero-order valence-electron chi connectivity index (χ0n) is 9.48. The molecule has 0 aliphatic carbocycles. The predicted molar refractivity (Wildman–Crippen MR) is 66.5 cm³/mol. The van der Waals surface area contributed by atoms with E-state index in [1.54, 1.807) is 30.3 Å². The van der Waals surface area contributed by atoms with E-state index in [9.17, 15) is 4.57 Å². The Morgan fingerprint density at radius 2 is 1.72 bits per heavy atom. The van der Waals surface area contributed by atoms with Gasteiger partial charge in [0.1, 0.15) is 11.5 Å². The summed E-state index contributed by atoms with van der Waals surface area (Å²) in [6.07, 6.45) is 0. The van der Waals surface area contributed by atoms with Gasteiger partial charge in [-0.05, 0) is 18.2 Å². The van der Waals surface area contributed by atoms with Gasteiger partial charge in [0.25, 0.3) is 0 Å². The Morgan fingerprint density at radius 3 is 2.56 bits per heavy atom. The fraction of sp³-hybridized carbons (Fsp3) is 0.0769. The molecule has 0 fully saturated rings. The van der Waals surface area contributed by atoms with E-state index in [1.165, 1.54) is 0 Å². The van der Waals surface area contributed by atoms with Gasteiger partial charge >= 0.3 is 7.82 Å². The molecule has 0 saturated heterocycles. The molecule has 3 rings (SSSR count). The second-order valence-electron chi connectivity index (χ2n) is 3.82. The molecule has 5 heteroatoms. The van der Waals surface area contributed by atoms with E-state index in [2.05, 4.69) is 0 Å². The van der Waals surface area contributed by atoms with Crippen LogP contribution in [0.2, 0.25) is 0 Å². The second-order valence-corrected chi connectivity index (χ2v) is 5.34. The number of phosphoric acid groups is 1. The van der Waals surface area contributed by atoms with E-state index >= 15 is 0 Å². The molecule has 0 aromatic heterocycles. The molecular formula is C13H11O4P. The lowest BCUT2D eigenvalue weighted by Crippen LogP contribution is -2.11. The first-order valence-corrected chi connectivity index (χ1v) is 6.98. The average molecular weight is 262 g/mol. The van der Waals surface area contributed by atoms with Crippen LogP contribution in [0.5, 0.6) is 11.5 Å². The van der Waals surface area contributed by atoms with Crippen LogP contribution >= 0.6 is 7.82 Å². The van der Waals surface area contributed by atoms with E-state index in [1.807, 2.05) is 24.3 Å². The van der Waals surface area contributed by atoms with E-state index in [-0.39, 0.29) is 6.61 Å². The predicted octanol–water partition coefficient (Wildman–Crippen LogP) is 3.78. The standard InChI is InChI=1S/C13H11O4P/c14-18(16-12-7-2-1-3-8-12)15-10-11-6-4-5-9-13(11)17-18/h1-9H,10H2/t18-/m1/s1. The highest BCUT2D eigenvalue weighted by atomic mass is 31.2. The summed E-state index contributed by atoms with van der Waals surface area (Å²) in [6.45, 7) is 0.223. The fourth-order valence-corrected chi connectivity index (χ4v) is 2.90. The van der Waals surface area contributed by atoms with Crippen molar-refractivity contribution in [1.29, 1.82) is 0 Å². The van der Waals surface area contributed by atoms with Crippen molar-refractivity contribution < 1.29 is 18.1 Å². The Bertz CT molecular complexity index is 597. The lowest BCUT2D eigenvalue weighted by Gasteiger charge is -2.24. The van der Waals surface area contributed by atoms with Crippen molar-refractivity contribution in [3.63, 3.8) is 0 Å². The molecule has 0 saturated carbocycles. The molecule has 0 unspecified atom stereocenters. The van der Waals surface area contributed by atoms with Gasteiger partial charge in [0.05, 0.1) is 6.61 Å². The van der Waals surface area contributed by atoms with Gasteiger partial charge in [0.15, 0.2) is 0 Å². The fourth-order valence-electron chi connectivity index (χ4n) is 1.66. The molecule has 0 bridgehead atoms. The number of phosphoric ester groups is 1. The highest BCUT2D eigenvalue weighted by molar-refractivity contribution is 7.49. The SMILES string of the molecule is O=[P@]1(Oc2ccccc2)OCc2ccccc2O1. The Morgan fingerprint density at radius 1 is 1.00 bits per heavy atom. The molecule has 0 radical (unpaired) electrons. The van der Waals surface area contributed by atoms with Crippen molar-refractivity contribution in [2.24, 2.45) is 0 Å². The molecule has 92 valence electrons. The van der Waals surface area contributed by atoms with Gasteiger partial charge in [-0.3, -0.25) is 4.52 Å². The number of fused-ring (bicyclic) bond motifs is 1. The largest absolute Gasteiger partial charge is 0.587 e. The Labute approximate surface area is 105 Å². The summed E-state index contributed by atoms with van der Waals surface area (Å²) in [5.41, 5.74) is 0.862. The zero-order valence-corrected chi connectivity index (χ0v) is 10.4. The van der Waals surface area contributed by atoms with Gasteiger partial charge in [0, 0.05) is 5.56 Å². The van der Waals surface area contributed by atoms with Crippen LogP contribution in [-0.4, -0.2) is 0 Å². The van der Waals surface area contributed by atoms with Gasteiger partial charge in [-0.1, -0.05) is 36.4 Å².